The van der Waals surface area contributed by atoms with Crippen LogP contribution in [0.25, 0.3) is 22.5 Å². The summed E-state index contributed by atoms with van der Waals surface area (Å²) in [6.45, 7) is 6.99. The van der Waals surface area contributed by atoms with Crippen molar-refractivity contribution in [3.05, 3.63) is 140 Å². The van der Waals surface area contributed by atoms with E-state index in [0.717, 1.165) is 88.8 Å². The van der Waals surface area contributed by atoms with E-state index in [4.69, 9.17) is 35.7 Å². The molecule has 0 bridgehead atoms. The van der Waals surface area contributed by atoms with Gasteiger partial charge in [0.1, 0.15) is 23.0 Å². The number of rotatable bonds is 14. The number of ether oxygens (including phenoxy) is 2. The molecule has 298 valence electrons. The molecule has 0 amide bonds. The maximum Gasteiger partial charge on any atom is 0.416 e. The van der Waals surface area contributed by atoms with Crippen LogP contribution in [0.1, 0.15) is 38.5 Å². The highest BCUT2D eigenvalue weighted by molar-refractivity contribution is 7.98. The molecule has 0 atom stereocenters. The monoisotopic (exact) mass is 854 g/mol. The molecule has 4 aromatic carbocycles. The fourth-order valence-electron chi connectivity index (χ4n) is 5.48. The summed E-state index contributed by atoms with van der Waals surface area (Å²) >= 11 is 10.9. The second kappa shape index (κ2) is 19.6. The van der Waals surface area contributed by atoms with E-state index in [1.165, 1.54) is 12.1 Å². The molecule has 7 nitrogen and oxygen atoms in total. The fraction of sp³-hybridized carbons (Fsp3) is 0.209. The maximum absolute atomic E-state index is 12.8. The highest BCUT2D eigenvalue weighted by Crippen LogP contribution is 2.38. The van der Waals surface area contributed by atoms with Crippen molar-refractivity contribution in [2.24, 2.45) is 0 Å². The molecule has 2 aromatic heterocycles. The number of hydrogen-bond donors (Lipinski definition) is 2. The Labute approximate surface area is 345 Å². The van der Waals surface area contributed by atoms with Crippen molar-refractivity contribution in [1.29, 1.82) is 0 Å². The van der Waals surface area contributed by atoms with Crippen molar-refractivity contribution in [1.82, 2.24) is 0 Å². The van der Waals surface area contributed by atoms with Gasteiger partial charge in [0.15, 0.2) is 13.2 Å². The number of carboxylic acids is 2. The summed E-state index contributed by atoms with van der Waals surface area (Å²) in [4.78, 5) is 24.5. The van der Waals surface area contributed by atoms with Crippen molar-refractivity contribution in [3.63, 3.8) is 0 Å². The van der Waals surface area contributed by atoms with Gasteiger partial charge in [-0.1, -0.05) is 23.7 Å². The van der Waals surface area contributed by atoms with Crippen LogP contribution < -0.4 is 9.47 Å². The van der Waals surface area contributed by atoms with Crippen molar-refractivity contribution >= 4 is 58.4 Å². The van der Waals surface area contributed by atoms with Crippen molar-refractivity contribution in [2.75, 3.05) is 13.2 Å². The van der Waals surface area contributed by atoms with Crippen molar-refractivity contribution in [3.8, 4) is 33.9 Å². The minimum atomic E-state index is -4.34. The predicted octanol–water partition coefficient (Wildman–Crippen LogP) is 12.8. The number of carbonyl (C=O) groups is 2. The van der Waals surface area contributed by atoms with E-state index in [9.17, 15) is 22.8 Å². The molecule has 6 aromatic rings. The lowest BCUT2D eigenvalue weighted by Crippen LogP contribution is -2.09. The Morgan fingerprint density at radius 1 is 0.737 bits per heavy atom. The van der Waals surface area contributed by atoms with Gasteiger partial charge in [0.05, 0.1) is 5.56 Å². The van der Waals surface area contributed by atoms with Gasteiger partial charge in [0, 0.05) is 42.3 Å². The lowest BCUT2D eigenvalue weighted by molar-refractivity contribution is -0.140. The fourth-order valence-corrected chi connectivity index (χ4v) is 8.88. The third kappa shape index (κ3) is 12.3. The molecule has 0 radical (unpaired) electrons. The van der Waals surface area contributed by atoms with Gasteiger partial charge >= 0.3 is 18.1 Å². The third-order valence-electron chi connectivity index (χ3n) is 8.57. The molecule has 0 unspecified atom stereocenters. The molecule has 0 aliphatic heterocycles. The summed E-state index contributed by atoms with van der Waals surface area (Å²) < 4.78 is 54.7. The van der Waals surface area contributed by atoms with E-state index in [-0.39, 0.29) is 13.2 Å². The molecule has 0 saturated heterocycles. The summed E-state index contributed by atoms with van der Waals surface area (Å²) in [7, 11) is 0. The Morgan fingerprint density at radius 2 is 1.26 bits per heavy atom. The standard InChI is InChI=1S/C22H19F3O3S2.C21H19ClO4S/c1-13-9-17(7-8-19(13)28-10-21(26)27)29-12-20-14(2)18(11-30-20)15-3-5-16(6-4-15)22(23,24)25;1-13-9-18(7-8-19(13)25-11-21(23)24)27-12-16-10-20(26-14(16)2)15-3-5-17(22)6-4-15/h3-9,11H,10,12H2,1-2H3,(H,26,27);3-10H,11-12H2,1-2H3,(H,23,24). The molecule has 2 N–H and O–H groups in total. The van der Waals surface area contributed by atoms with Crippen molar-refractivity contribution in [2.45, 2.75) is 55.2 Å². The maximum atomic E-state index is 12.8. The van der Waals surface area contributed by atoms with Crippen LogP contribution >= 0.6 is 46.5 Å². The summed E-state index contributed by atoms with van der Waals surface area (Å²) in [5.74, 6) is 2.34. The minimum Gasteiger partial charge on any atom is -0.482 e. The lowest BCUT2D eigenvalue weighted by Gasteiger charge is -2.09. The second-order valence-corrected chi connectivity index (χ2v) is 16.3. The molecule has 0 saturated carbocycles. The summed E-state index contributed by atoms with van der Waals surface area (Å²) in [5, 5.41) is 20.1. The van der Waals surface area contributed by atoms with Gasteiger partial charge in [-0.15, -0.1) is 34.9 Å². The first kappa shape index (κ1) is 43.3. The SMILES string of the molecule is Cc1cc(SCc2cc(-c3ccc(Cl)cc3)oc2C)ccc1OCC(=O)O.Cc1cc(SCc2scc(-c3ccc(C(F)(F)F)cc3)c2C)ccc1OCC(=O)O. The number of alkyl halides is 3. The highest BCUT2D eigenvalue weighted by atomic mass is 35.5. The van der Waals surface area contributed by atoms with Gasteiger partial charge in [-0.2, -0.15) is 13.2 Å². The van der Waals surface area contributed by atoms with Gasteiger partial charge in [-0.05, 0) is 140 Å². The first-order valence-corrected chi connectivity index (χ1v) is 20.6. The van der Waals surface area contributed by atoms with Crippen LogP contribution in [0.5, 0.6) is 11.5 Å². The van der Waals surface area contributed by atoms with E-state index in [1.807, 2.05) is 87.7 Å². The molecule has 0 spiro atoms. The number of halogens is 4. The molecule has 14 heteroatoms. The zero-order chi connectivity index (χ0) is 41.3. The average Bonchev–Trinajstić information content (AvgIpc) is 3.73. The smallest absolute Gasteiger partial charge is 0.416 e. The first-order chi connectivity index (χ1) is 27.1. The number of thioether (sulfide) groups is 2. The highest BCUT2D eigenvalue weighted by Gasteiger charge is 2.30. The normalized spacial score (nSPS) is 11.2. The number of aliphatic carboxylic acids is 2. The van der Waals surface area contributed by atoms with Gasteiger partial charge < -0.3 is 24.1 Å². The summed E-state index contributed by atoms with van der Waals surface area (Å²) in [6, 6.07) is 26.2. The number of aryl methyl sites for hydroxylation is 3. The Balaban J connectivity index is 0.000000219. The third-order valence-corrected chi connectivity index (χ3v) is 12.2. The number of thiophene rings is 1. The Kier molecular flexibility index (Phi) is 14.9. The predicted molar refractivity (Wildman–Crippen MR) is 221 cm³/mol. The van der Waals surface area contributed by atoms with Crippen LogP contribution in [0.15, 0.2) is 111 Å². The van der Waals surface area contributed by atoms with E-state index >= 15 is 0 Å². The van der Waals surface area contributed by atoms with Crippen LogP contribution in [0, 0.1) is 27.7 Å². The van der Waals surface area contributed by atoms with E-state index in [0.29, 0.717) is 16.5 Å². The van der Waals surface area contributed by atoms with Crippen molar-refractivity contribution < 1.29 is 46.9 Å². The number of benzene rings is 4. The van der Waals surface area contributed by atoms with Gasteiger partial charge in [-0.25, -0.2) is 9.59 Å². The lowest BCUT2D eigenvalue weighted by atomic mass is 10.0. The summed E-state index contributed by atoms with van der Waals surface area (Å²) in [5.41, 5.74) is 6.01. The van der Waals surface area contributed by atoms with Crippen LogP contribution in [0.3, 0.4) is 0 Å². The number of hydrogen-bond acceptors (Lipinski definition) is 8. The average molecular weight is 855 g/mol. The largest absolute Gasteiger partial charge is 0.482 e. The molecular weight excluding hydrogens is 817 g/mol. The van der Waals surface area contributed by atoms with Gasteiger partial charge in [-0.3, -0.25) is 0 Å². The zero-order valence-electron chi connectivity index (χ0n) is 31.2. The Morgan fingerprint density at radius 3 is 1.77 bits per heavy atom. The molecule has 6 rings (SSSR count). The molecule has 0 fully saturated rings. The molecule has 2 heterocycles. The van der Waals surface area contributed by atoms with Gasteiger partial charge in [0.2, 0.25) is 0 Å². The minimum absolute atomic E-state index is 0.338. The van der Waals surface area contributed by atoms with Crippen LogP contribution in [-0.2, 0) is 27.3 Å². The quantitative estimate of drug-likeness (QED) is 0.104. The van der Waals surface area contributed by atoms with Gasteiger partial charge in [0.25, 0.3) is 0 Å². The zero-order valence-corrected chi connectivity index (χ0v) is 34.4. The van der Waals surface area contributed by atoms with Crippen LogP contribution in [0.4, 0.5) is 13.2 Å². The number of furan rings is 1. The molecule has 0 aliphatic carbocycles. The second-order valence-electron chi connectivity index (χ2n) is 12.8. The van der Waals surface area contributed by atoms with Crippen LogP contribution in [-0.4, -0.2) is 35.4 Å². The molecule has 57 heavy (non-hydrogen) atoms. The topological polar surface area (TPSA) is 106 Å². The Hall–Kier alpha value is -4.82. The van der Waals surface area contributed by atoms with E-state index in [2.05, 4.69) is 6.07 Å². The first-order valence-electron chi connectivity index (χ1n) is 17.3. The Bertz CT molecular complexity index is 2320. The van der Waals surface area contributed by atoms with E-state index < -0.39 is 23.7 Å². The summed E-state index contributed by atoms with van der Waals surface area (Å²) in [6.07, 6.45) is -4.34. The van der Waals surface area contributed by atoms with Crippen LogP contribution in [0.2, 0.25) is 5.02 Å². The van der Waals surface area contributed by atoms with E-state index in [1.54, 1.807) is 40.9 Å². The number of carboxylic acid groups (broad SMARTS) is 2. The molecule has 0 aliphatic rings. The molecular formula is C43H38ClF3O7S3.